The van der Waals surface area contributed by atoms with Gasteiger partial charge in [-0.3, -0.25) is 4.79 Å². The molecule has 0 saturated heterocycles. The molecular weight excluding hydrogens is 398 g/mol. The predicted molar refractivity (Wildman–Crippen MR) is 114 cm³/mol. The maximum Gasteiger partial charge on any atom is 0.277 e. The molecule has 7 heteroatoms. The predicted octanol–water partition coefficient (Wildman–Crippen LogP) is 4.44. The molecule has 1 aromatic heterocycles. The van der Waals surface area contributed by atoms with Crippen LogP contribution in [0, 0.1) is 31.6 Å². The molecule has 1 heterocycles. The number of amides is 1. The van der Waals surface area contributed by atoms with E-state index in [4.69, 9.17) is 9.15 Å². The van der Waals surface area contributed by atoms with Gasteiger partial charge in [0.2, 0.25) is 5.91 Å². The SMILES string of the molecule is Cc1cccc(C)c1OCc1nnc(SCC(=O)NC23CC4CC(CC(C4)C2)C3)o1. The van der Waals surface area contributed by atoms with Gasteiger partial charge in [0.15, 0.2) is 6.61 Å². The van der Waals surface area contributed by atoms with E-state index in [2.05, 4.69) is 15.5 Å². The summed E-state index contributed by atoms with van der Waals surface area (Å²) in [6.07, 6.45) is 7.61. The second kappa shape index (κ2) is 7.91. The van der Waals surface area contributed by atoms with Crippen molar-refractivity contribution in [3.63, 3.8) is 0 Å². The highest BCUT2D eigenvalue weighted by atomic mass is 32.2. The van der Waals surface area contributed by atoms with E-state index in [1.165, 1.54) is 31.0 Å². The summed E-state index contributed by atoms with van der Waals surface area (Å²) < 4.78 is 11.5. The Kier molecular flexibility index (Phi) is 5.25. The molecule has 4 aliphatic rings. The number of benzene rings is 1. The van der Waals surface area contributed by atoms with Gasteiger partial charge in [-0.25, -0.2) is 0 Å². The zero-order valence-corrected chi connectivity index (χ0v) is 18.5. The average molecular weight is 428 g/mol. The minimum atomic E-state index is 0.0473. The molecule has 4 fully saturated rings. The Morgan fingerprint density at radius 1 is 1.13 bits per heavy atom. The molecule has 1 aromatic carbocycles. The van der Waals surface area contributed by atoms with Crippen LogP contribution in [0.25, 0.3) is 0 Å². The maximum atomic E-state index is 12.6. The third kappa shape index (κ3) is 4.09. The number of nitrogens with one attached hydrogen (secondary N) is 1. The van der Waals surface area contributed by atoms with Gasteiger partial charge < -0.3 is 14.5 Å². The van der Waals surface area contributed by atoms with Crippen LogP contribution < -0.4 is 10.1 Å². The number of aromatic nitrogens is 2. The van der Waals surface area contributed by atoms with Gasteiger partial charge in [-0.05, 0) is 81.3 Å². The monoisotopic (exact) mass is 427 g/mol. The Balaban J connectivity index is 1.12. The van der Waals surface area contributed by atoms with Crippen molar-refractivity contribution < 1.29 is 13.9 Å². The third-order valence-electron chi connectivity index (χ3n) is 6.97. The summed E-state index contributed by atoms with van der Waals surface area (Å²) >= 11 is 1.30. The van der Waals surface area contributed by atoms with E-state index in [9.17, 15) is 4.79 Å². The van der Waals surface area contributed by atoms with Crippen LogP contribution in [-0.2, 0) is 11.4 Å². The first-order chi connectivity index (χ1) is 14.5. The number of ether oxygens (including phenoxy) is 1. The van der Waals surface area contributed by atoms with E-state index >= 15 is 0 Å². The fourth-order valence-corrected chi connectivity index (χ4v) is 6.82. The minimum Gasteiger partial charge on any atom is -0.483 e. The van der Waals surface area contributed by atoms with Crippen molar-refractivity contribution in [1.29, 1.82) is 0 Å². The van der Waals surface area contributed by atoms with Crippen molar-refractivity contribution >= 4 is 17.7 Å². The first-order valence-corrected chi connectivity index (χ1v) is 11.9. The molecule has 0 unspecified atom stereocenters. The number of hydrogen-bond donors (Lipinski definition) is 1. The first-order valence-electron chi connectivity index (χ1n) is 10.9. The molecule has 6 rings (SSSR count). The highest BCUT2D eigenvalue weighted by Crippen LogP contribution is 2.55. The van der Waals surface area contributed by atoms with Crippen LogP contribution in [0.15, 0.2) is 27.8 Å². The second-order valence-corrected chi connectivity index (χ2v) is 10.4. The van der Waals surface area contributed by atoms with E-state index in [1.807, 2.05) is 32.0 Å². The minimum absolute atomic E-state index is 0.0473. The lowest BCUT2D eigenvalue weighted by molar-refractivity contribution is -0.124. The molecule has 30 heavy (non-hydrogen) atoms. The Labute approximate surface area is 181 Å². The molecule has 0 spiro atoms. The van der Waals surface area contributed by atoms with Crippen LogP contribution in [0.3, 0.4) is 0 Å². The summed E-state index contributed by atoms with van der Waals surface area (Å²) in [5.41, 5.74) is 2.20. The van der Waals surface area contributed by atoms with Crippen molar-refractivity contribution in [2.75, 3.05) is 5.75 Å². The fourth-order valence-electron chi connectivity index (χ4n) is 6.24. The van der Waals surface area contributed by atoms with Gasteiger partial charge in [-0.1, -0.05) is 30.0 Å². The molecule has 6 nitrogen and oxygen atoms in total. The summed E-state index contributed by atoms with van der Waals surface area (Å²) in [6, 6.07) is 6.03. The molecule has 4 saturated carbocycles. The number of carbonyl (C=O) groups excluding carboxylic acids is 1. The number of nitrogens with zero attached hydrogens (tertiary/aromatic N) is 2. The van der Waals surface area contributed by atoms with Gasteiger partial charge in [-0.15, -0.1) is 10.2 Å². The van der Waals surface area contributed by atoms with Gasteiger partial charge in [0.1, 0.15) is 5.75 Å². The molecule has 0 radical (unpaired) electrons. The Morgan fingerprint density at radius 3 is 2.40 bits per heavy atom. The zero-order valence-electron chi connectivity index (χ0n) is 17.6. The summed E-state index contributed by atoms with van der Waals surface area (Å²) in [6.45, 7) is 4.25. The number of aryl methyl sites for hydroxylation is 2. The molecule has 1 N–H and O–H groups in total. The van der Waals surface area contributed by atoms with Gasteiger partial charge >= 0.3 is 0 Å². The number of rotatable bonds is 7. The smallest absolute Gasteiger partial charge is 0.277 e. The molecule has 1 amide bonds. The molecule has 0 atom stereocenters. The zero-order chi connectivity index (χ0) is 20.7. The van der Waals surface area contributed by atoms with E-state index in [1.54, 1.807) is 0 Å². The average Bonchev–Trinajstić information content (AvgIpc) is 3.12. The topological polar surface area (TPSA) is 77.2 Å². The molecule has 160 valence electrons. The molecule has 0 aliphatic heterocycles. The summed E-state index contributed by atoms with van der Waals surface area (Å²) in [5.74, 6) is 4.11. The normalized spacial score (nSPS) is 29.2. The highest BCUT2D eigenvalue weighted by molar-refractivity contribution is 7.99. The number of thioether (sulfide) groups is 1. The number of para-hydroxylation sites is 1. The highest BCUT2D eigenvalue weighted by Gasteiger charge is 2.51. The van der Waals surface area contributed by atoms with Crippen LogP contribution in [-0.4, -0.2) is 27.4 Å². The number of carbonyl (C=O) groups is 1. The summed E-state index contributed by atoms with van der Waals surface area (Å²) in [4.78, 5) is 12.6. The van der Waals surface area contributed by atoms with Gasteiger partial charge in [-0.2, -0.15) is 0 Å². The number of hydrogen-bond acceptors (Lipinski definition) is 6. The summed E-state index contributed by atoms with van der Waals surface area (Å²) in [5, 5.41) is 11.9. The van der Waals surface area contributed by atoms with E-state index in [0.717, 1.165) is 53.9 Å². The summed E-state index contributed by atoms with van der Waals surface area (Å²) in [7, 11) is 0. The lowest BCUT2D eigenvalue weighted by atomic mass is 9.53. The van der Waals surface area contributed by atoms with E-state index < -0.39 is 0 Å². The van der Waals surface area contributed by atoms with Crippen molar-refractivity contribution in [2.24, 2.45) is 17.8 Å². The fraction of sp³-hybridized carbons (Fsp3) is 0.609. The van der Waals surface area contributed by atoms with E-state index in [-0.39, 0.29) is 18.1 Å². The Morgan fingerprint density at radius 2 is 1.77 bits per heavy atom. The van der Waals surface area contributed by atoms with Crippen molar-refractivity contribution in [1.82, 2.24) is 15.5 Å². The first kappa shape index (κ1) is 19.9. The third-order valence-corrected chi connectivity index (χ3v) is 7.79. The lowest BCUT2D eigenvalue weighted by Crippen LogP contribution is -2.60. The largest absolute Gasteiger partial charge is 0.483 e. The molecule has 2 aromatic rings. The van der Waals surface area contributed by atoms with Crippen LogP contribution in [0.2, 0.25) is 0 Å². The van der Waals surface area contributed by atoms with E-state index in [0.29, 0.717) is 16.9 Å². The van der Waals surface area contributed by atoms with Gasteiger partial charge in [0.05, 0.1) is 5.75 Å². The molecule has 4 aliphatic carbocycles. The van der Waals surface area contributed by atoms with Crippen LogP contribution in [0.1, 0.15) is 55.5 Å². The van der Waals surface area contributed by atoms with Crippen LogP contribution >= 0.6 is 11.8 Å². The lowest BCUT2D eigenvalue weighted by Gasteiger charge is -2.56. The van der Waals surface area contributed by atoms with Crippen LogP contribution in [0.4, 0.5) is 0 Å². The molecule has 4 bridgehead atoms. The van der Waals surface area contributed by atoms with Gasteiger partial charge in [0, 0.05) is 5.54 Å². The van der Waals surface area contributed by atoms with Crippen molar-refractivity contribution in [3.8, 4) is 5.75 Å². The Hall–Kier alpha value is -2.02. The van der Waals surface area contributed by atoms with Crippen molar-refractivity contribution in [3.05, 3.63) is 35.2 Å². The maximum absolute atomic E-state index is 12.6. The van der Waals surface area contributed by atoms with Crippen molar-refractivity contribution in [2.45, 2.75) is 69.7 Å². The molecular formula is C23H29N3O3S. The second-order valence-electron chi connectivity index (χ2n) is 9.51. The standard InChI is InChI=1S/C23H29N3O3S/c1-14-4-3-5-15(2)21(14)28-12-20-25-26-22(29-20)30-13-19(27)24-23-9-16-6-17(10-23)8-18(7-16)11-23/h3-5,16-18H,6-13H2,1-2H3,(H,24,27). The quantitative estimate of drug-likeness (QED) is 0.658. The Bertz CT molecular complexity index is 886. The van der Waals surface area contributed by atoms with Crippen LogP contribution in [0.5, 0.6) is 5.75 Å². The van der Waals surface area contributed by atoms with Gasteiger partial charge in [0.25, 0.3) is 11.1 Å².